The predicted octanol–water partition coefficient (Wildman–Crippen LogP) is 0.640. The monoisotopic (exact) mass is 236 g/mol. The molecule has 4 nitrogen and oxygen atoms in total. The Hall–Kier alpha value is -0.320. The third-order valence-electron chi connectivity index (χ3n) is 2.95. The highest BCUT2D eigenvalue weighted by Gasteiger charge is 2.29. The number of nitrogens with zero attached hydrogens (tertiary/aromatic N) is 1. The smallest absolute Gasteiger partial charge is 0.253 e. The predicted molar refractivity (Wildman–Crippen MR) is 62.1 cm³/mol. The van der Waals surface area contributed by atoms with E-state index >= 15 is 0 Å². The molecule has 1 fully saturated rings. The van der Waals surface area contributed by atoms with Crippen LogP contribution >= 0.6 is 12.4 Å². The second kappa shape index (κ2) is 7.04. The van der Waals surface area contributed by atoms with Crippen LogP contribution in [0.3, 0.4) is 0 Å². The number of carbonyl (C=O) groups is 1. The summed E-state index contributed by atoms with van der Waals surface area (Å²) in [7, 11) is 1.53. The van der Waals surface area contributed by atoms with Gasteiger partial charge in [-0.3, -0.25) is 4.79 Å². The number of amides is 1. The average Bonchev–Trinajstić information content (AvgIpc) is 2.67. The molecule has 2 unspecified atom stereocenters. The van der Waals surface area contributed by atoms with Gasteiger partial charge in [0.2, 0.25) is 0 Å². The van der Waals surface area contributed by atoms with E-state index in [9.17, 15) is 4.79 Å². The van der Waals surface area contributed by atoms with Crippen molar-refractivity contribution in [2.45, 2.75) is 25.9 Å². The van der Waals surface area contributed by atoms with Crippen LogP contribution in [0.4, 0.5) is 0 Å². The Morgan fingerprint density at radius 1 is 1.67 bits per heavy atom. The minimum absolute atomic E-state index is 0. The van der Waals surface area contributed by atoms with E-state index in [1.165, 1.54) is 7.11 Å². The van der Waals surface area contributed by atoms with E-state index in [0.29, 0.717) is 5.92 Å². The van der Waals surface area contributed by atoms with E-state index in [0.717, 1.165) is 25.9 Å². The van der Waals surface area contributed by atoms with Crippen LogP contribution in [-0.2, 0) is 9.53 Å². The molecule has 90 valence electrons. The van der Waals surface area contributed by atoms with Crippen molar-refractivity contribution in [1.29, 1.82) is 0 Å². The van der Waals surface area contributed by atoms with Crippen molar-refractivity contribution in [3.63, 3.8) is 0 Å². The van der Waals surface area contributed by atoms with Gasteiger partial charge in [0.25, 0.3) is 5.91 Å². The third-order valence-corrected chi connectivity index (χ3v) is 2.95. The van der Waals surface area contributed by atoms with Crippen LogP contribution in [0.1, 0.15) is 19.8 Å². The molecule has 0 aromatic rings. The van der Waals surface area contributed by atoms with Crippen LogP contribution < -0.4 is 5.73 Å². The molecule has 0 radical (unpaired) electrons. The molecule has 1 aliphatic rings. The van der Waals surface area contributed by atoms with Crippen LogP contribution in [-0.4, -0.2) is 43.7 Å². The molecule has 0 bridgehead atoms. The molecule has 2 atom stereocenters. The molecule has 1 saturated heterocycles. The largest absolute Gasteiger partial charge is 0.370 e. The van der Waals surface area contributed by atoms with Crippen molar-refractivity contribution in [3.05, 3.63) is 0 Å². The summed E-state index contributed by atoms with van der Waals surface area (Å²) in [4.78, 5) is 13.7. The summed E-state index contributed by atoms with van der Waals surface area (Å²) < 4.78 is 5.03. The summed E-state index contributed by atoms with van der Waals surface area (Å²) in [6, 6.07) is 0. The minimum Gasteiger partial charge on any atom is -0.370 e. The second-order valence-electron chi connectivity index (χ2n) is 3.81. The van der Waals surface area contributed by atoms with Gasteiger partial charge in [-0.05, 0) is 12.3 Å². The lowest BCUT2D eigenvalue weighted by Crippen LogP contribution is -2.42. The first-order chi connectivity index (χ1) is 6.72. The molecule has 1 heterocycles. The summed E-state index contributed by atoms with van der Waals surface area (Å²) in [5.41, 5.74) is 5.45. The second-order valence-corrected chi connectivity index (χ2v) is 3.81. The van der Waals surface area contributed by atoms with Gasteiger partial charge in [-0.25, -0.2) is 0 Å². The molecule has 0 saturated carbocycles. The highest BCUT2D eigenvalue weighted by molar-refractivity contribution is 5.85. The Morgan fingerprint density at radius 3 is 2.73 bits per heavy atom. The maximum atomic E-state index is 11.8. The Bertz CT molecular complexity index is 198. The maximum absolute atomic E-state index is 11.8. The van der Waals surface area contributed by atoms with Gasteiger partial charge in [0.05, 0.1) is 0 Å². The zero-order valence-electron chi connectivity index (χ0n) is 9.44. The number of halogens is 1. The molecule has 0 aromatic heterocycles. The molecule has 2 N–H and O–H groups in total. The summed E-state index contributed by atoms with van der Waals surface area (Å²) in [5, 5.41) is 0. The molecule has 1 rings (SSSR count). The minimum atomic E-state index is -0.453. The Kier molecular flexibility index (Phi) is 6.89. The lowest BCUT2D eigenvalue weighted by molar-refractivity contribution is -0.140. The highest BCUT2D eigenvalue weighted by atomic mass is 35.5. The first-order valence-corrected chi connectivity index (χ1v) is 5.24. The SMILES string of the molecule is CCC1CCN(C(=O)C(CN)OC)C1.Cl. The lowest BCUT2D eigenvalue weighted by Gasteiger charge is -2.21. The number of nitrogens with two attached hydrogens (primary N) is 1. The van der Waals surface area contributed by atoms with E-state index in [4.69, 9.17) is 10.5 Å². The van der Waals surface area contributed by atoms with Crippen LogP contribution in [0.5, 0.6) is 0 Å². The Morgan fingerprint density at radius 2 is 2.33 bits per heavy atom. The van der Waals surface area contributed by atoms with E-state index in [1.807, 2.05) is 4.90 Å². The molecule has 15 heavy (non-hydrogen) atoms. The highest BCUT2D eigenvalue weighted by Crippen LogP contribution is 2.19. The van der Waals surface area contributed by atoms with E-state index in [1.54, 1.807) is 0 Å². The number of carbonyl (C=O) groups excluding carboxylic acids is 1. The van der Waals surface area contributed by atoms with Crippen molar-refractivity contribution in [3.8, 4) is 0 Å². The molecular formula is C10H21ClN2O2. The van der Waals surface area contributed by atoms with Gasteiger partial charge < -0.3 is 15.4 Å². The number of hydrogen-bond donors (Lipinski definition) is 1. The van der Waals surface area contributed by atoms with Crippen molar-refractivity contribution in [1.82, 2.24) is 4.90 Å². The molecule has 0 spiro atoms. The first-order valence-electron chi connectivity index (χ1n) is 5.24. The zero-order chi connectivity index (χ0) is 10.6. The Balaban J connectivity index is 0.00000196. The van der Waals surface area contributed by atoms with E-state index in [2.05, 4.69) is 6.92 Å². The first kappa shape index (κ1) is 14.7. The molecular weight excluding hydrogens is 216 g/mol. The third kappa shape index (κ3) is 3.63. The molecule has 0 aromatic carbocycles. The van der Waals surface area contributed by atoms with Gasteiger partial charge in [-0.2, -0.15) is 0 Å². The fourth-order valence-electron chi connectivity index (χ4n) is 1.87. The number of methoxy groups -OCH3 is 1. The average molecular weight is 237 g/mol. The van der Waals surface area contributed by atoms with Crippen LogP contribution in [0.2, 0.25) is 0 Å². The van der Waals surface area contributed by atoms with E-state index in [-0.39, 0.29) is 24.9 Å². The Labute approximate surface area is 97.5 Å². The van der Waals surface area contributed by atoms with Crippen LogP contribution in [0, 0.1) is 5.92 Å². The molecule has 1 amide bonds. The van der Waals surface area contributed by atoms with E-state index < -0.39 is 6.10 Å². The zero-order valence-corrected chi connectivity index (χ0v) is 10.3. The normalized spacial score (nSPS) is 22.3. The summed E-state index contributed by atoms with van der Waals surface area (Å²) >= 11 is 0. The number of ether oxygens (including phenoxy) is 1. The van der Waals surface area contributed by atoms with Gasteiger partial charge in [0, 0.05) is 26.7 Å². The number of hydrogen-bond acceptors (Lipinski definition) is 3. The van der Waals surface area contributed by atoms with Crippen molar-refractivity contribution in [2.24, 2.45) is 11.7 Å². The van der Waals surface area contributed by atoms with Gasteiger partial charge in [0.15, 0.2) is 0 Å². The molecule has 0 aliphatic carbocycles. The molecule has 1 aliphatic heterocycles. The van der Waals surface area contributed by atoms with Crippen LogP contribution in [0.15, 0.2) is 0 Å². The summed E-state index contributed by atoms with van der Waals surface area (Å²) in [6.07, 6.45) is 1.80. The van der Waals surface area contributed by atoms with Crippen molar-refractivity contribution >= 4 is 18.3 Å². The number of rotatable bonds is 4. The molecule has 5 heteroatoms. The van der Waals surface area contributed by atoms with Gasteiger partial charge in [0.1, 0.15) is 6.10 Å². The van der Waals surface area contributed by atoms with Gasteiger partial charge in [-0.15, -0.1) is 12.4 Å². The maximum Gasteiger partial charge on any atom is 0.253 e. The quantitative estimate of drug-likeness (QED) is 0.780. The van der Waals surface area contributed by atoms with Crippen LogP contribution in [0.25, 0.3) is 0 Å². The fourth-order valence-corrected chi connectivity index (χ4v) is 1.87. The summed E-state index contributed by atoms with van der Waals surface area (Å²) in [5.74, 6) is 0.709. The van der Waals surface area contributed by atoms with Crippen molar-refractivity contribution < 1.29 is 9.53 Å². The topological polar surface area (TPSA) is 55.6 Å². The fraction of sp³-hybridized carbons (Fsp3) is 0.900. The standard InChI is InChI=1S/C10H20N2O2.ClH/c1-3-8-4-5-12(7-8)10(13)9(6-11)14-2;/h8-9H,3-7,11H2,1-2H3;1H. The number of likely N-dealkylation sites (tertiary alicyclic amines) is 1. The summed E-state index contributed by atoms with van der Waals surface area (Å²) in [6.45, 7) is 4.16. The van der Waals surface area contributed by atoms with Gasteiger partial charge in [-0.1, -0.05) is 13.3 Å². The van der Waals surface area contributed by atoms with Gasteiger partial charge >= 0.3 is 0 Å². The van der Waals surface area contributed by atoms with Crippen molar-refractivity contribution in [2.75, 3.05) is 26.7 Å². The lowest BCUT2D eigenvalue weighted by atomic mass is 10.1.